The van der Waals surface area contributed by atoms with Crippen molar-refractivity contribution in [3.8, 4) is 11.1 Å². The molecule has 0 radical (unpaired) electrons. The van der Waals surface area contributed by atoms with Crippen LogP contribution in [0.5, 0.6) is 0 Å². The molecule has 0 bridgehead atoms. The van der Waals surface area contributed by atoms with E-state index in [1.165, 1.54) is 0 Å². The van der Waals surface area contributed by atoms with Crippen LogP contribution in [0.25, 0.3) is 11.1 Å². The van der Waals surface area contributed by atoms with E-state index in [1.54, 1.807) is 36.4 Å². The number of hydrogen-bond acceptors (Lipinski definition) is 6. The van der Waals surface area contributed by atoms with Crippen LogP contribution in [0.3, 0.4) is 0 Å². The van der Waals surface area contributed by atoms with E-state index >= 15 is 0 Å². The minimum absolute atomic E-state index is 0.0370. The van der Waals surface area contributed by atoms with Crippen LogP contribution in [0.2, 0.25) is 0 Å². The van der Waals surface area contributed by atoms with E-state index in [9.17, 15) is 28.8 Å². The van der Waals surface area contributed by atoms with Crippen LogP contribution in [0, 0.1) is 13.8 Å². The molecule has 0 atom stereocenters. The lowest BCUT2D eigenvalue weighted by Gasteiger charge is -2.16. The summed E-state index contributed by atoms with van der Waals surface area (Å²) in [5, 5.41) is 5.53. The molecule has 3 aromatic rings. The Labute approximate surface area is 230 Å². The average Bonchev–Trinajstić information content (AvgIpc) is 3.45. The highest BCUT2D eigenvalue weighted by atomic mass is 16.2. The van der Waals surface area contributed by atoms with Crippen molar-refractivity contribution in [1.29, 1.82) is 0 Å². The Hall–Kier alpha value is -5.12. The number of likely N-dealkylation sites (tertiary alicyclic amines) is 1. The number of nitrogens with zero attached hydrogens (tertiary/aromatic N) is 2. The zero-order valence-electron chi connectivity index (χ0n) is 21.9. The van der Waals surface area contributed by atoms with Crippen LogP contribution < -0.4 is 15.5 Å². The number of nitrogens with one attached hydrogen (secondary N) is 2. The fourth-order valence-electron chi connectivity index (χ4n) is 4.76. The van der Waals surface area contributed by atoms with Crippen molar-refractivity contribution in [3.63, 3.8) is 0 Å². The maximum Gasteiger partial charge on any atom is 0.335 e. The molecule has 0 unspecified atom stereocenters. The molecular formula is C30H26N4O6. The number of amides is 7. The lowest BCUT2D eigenvalue weighted by atomic mass is 10.00. The molecule has 2 N–H and O–H groups in total. The fraction of sp³-hybridized carbons (Fsp3) is 0.200. The van der Waals surface area contributed by atoms with Crippen LogP contribution in [-0.2, 0) is 19.2 Å². The molecule has 5 rings (SSSR count). The first kappa shape index (κ1) is 26.5. The number of aryl methyl sites for hydroxylation is 2. The van der Waals surface area contributed by atoms with Crippen molar-refractivity contribution >= 4 is 52.6 Å². The normalized spacial score (nSPS) is 15.2. The van der Waals surface area contributed by atoms with Gasteiger partial charge in [0.25, 0.3) is 5.91 Å². The fourth-order valence-corrected chi connectivity index (χ4v) is 4.76. The second-order valence-corrected chi connectivity index (χ2v) is 9.74. The van der Waals surface area contributed by atoms with Crippen LogP contribution in [0.4, 0.5) is 21.9 Å². The summed E-state index contributed by atoms with van der Waals surface area (Å²) in [4.78, 5) is 74.6. The molecule has 2 aliphatic rings. The first-order valence-electron chi connectivity index (χ1n) is 12.8. The van der Waals surface area contributed by atoms with Gasteiger partial charge in [-0.1, -0.05) is 12.1 Å². The maximum absolute atomic E-state index is 12.8. The summed E-state index contributed by atoms with van der Waals surface area (Å²) in [6.07, 6.45) is 0.462. The summed E-state index contributed by atoms with van der Waals surface area (Å²) in [5.74, 6) is -1.84. The van der Waals surface area contributed by atoms with Gasteiger partial charge in [-0.15, -0.1) is 0 Å². The van der Waals surface area contributed by atoms with Crippen LogP contribution in [0.15, 0.2) is 60.7 Å². The maximum atomic E-state index is 12.8. The van der Waals surface area contributed by atoms with E-state index < -0.39 is 17.8 Å². The summed E-state index contributed by atoms with van der Waals surface area (Å²) in [6, 6.07) is 16.6. The van der Waals surface area contributed by atoms with Gasteiger partial charge in [0.2, 0.25) is 23.6 Å². The van der Waals surface area contributed by atoms with Crippen molar-refractivity contribution in [3.05, 3.63) is 77.4 Å². The van der Waals surface area contributed by atoms with Gasteiger partial charge in [0.15, 0.2) is 0 Å². The van der Waals surface area contributed by atoms with Gasteiger partial charge in [-0.25, -0.2) is 9.69 Å². The van der Waals surface area contributed by atoms with E-state index in [0.29, 0.717) is 27.5 Å². The Kier molecular flexibility index (Phi) is 7.00. The molecule has 7 amide bonds. The Bertz CT molecular complexity index is 1560. The second kappa shape index (κ2) is 10.6. The molecule has 2 aliphatic heterocycles. The molecular weight excluding hydrogens is 512 g/mol. The largest absolute Gasteiger partial charge is 0.335 e. The Morgan fingerprint density at radius 1 is 0.625 bits per heavy atom. The monoisotopic (exact) mass is 538 g/mol. The highest BCUT2D eigenvalue weighted by Gasteiger charge is 2.34. The third-order valence-electron chi connectivity index (χ3n) is 6.97. The number of urea groups is 1. The molecule has 0 saturated carbocycles. The first-order valence-corrected chi connectivity index (χ1v) is 12.8. The molecule has 10 nitrogen and oxygen atoms in total. The topological polar surface area (TPSA) is 133 Å². The van der Waals surface area contributed by atoms with Crippen molar-refractivity contribution in [1.82, 2.24) is 4.90 Å². The van der Waals surface area contributed by atoms with Gasteiger partial charge in [-0.3, -0.25) is 28.9 Å². The summed E-state index contributed by atoms with van der Waals surface area (Å²) < 4.78 is 0. The van der Waals surface area contributed by atoms with E-state index in [2.05, 4.69) is 10.6 Å². The zero-order chi connectivity index (χ0) is 28.6. The summed E-state index contributed by atoms with van der Waals surface area (Å²) in [7, 11) is 0. The first-order chi connectivity index (χ1) is 19.1. The van der Waals surface area contributed by atoms with Gasteiger partial charge in [-0.05, 0) is 84.6 Å². The second-order valence-electron chi connectivity index (χ2n) is 9.74. The molecule has 0 spiro atoms. The number of carbonyl (C=O) groups excluding carboxylic acids is 6. The molecule has 2 heterocycles. The number of carbonyl (C=O) groups is 6. The summed E-state index contributed by atoms with van der Waals surface area (Å²) >= 11 is 0. The highest BCUT2D eigenvalue weighted by molar-refractivity contribution is 6.20. The number of anilines is 3. The minimum Gasteiger partial charge on any atom is -0.322 e. The molecule has 0 aliphatic carbocycles. The van der Waals surface area contributed by atoms with E-state index in [-0.39, 0.29) is 43.4 Å². The third-order valence-corrected chi connectivity index (χ3v) is 6.97. The van der Waals surface area contributed by atoms with Gasteiger partial charge < -0.3 is 10.6 Å². The quantitative estimate of drug-likeness (QED) is 0.458. The predicted molar refractivity (Wildman–Crippen MR) is 148 cm³/mol. The zero-order valence-corrected chi connectivity index (χ0v) is 21.9. The highest BCUT2D eigenvalue weighted by Crippen LogP contribution is 2.29. The third kappa shape index (κ3) is 5.11. The molecule has 202 valence electrons. The van der Waals surface area contributed by atoms with Crippen LogP contribution in [-0.4, -0.2) is 40.5 Å². The van der Waals surface area contributed by atoms with Crippen molar-refractivity contribution in [2.75, 3.05) is 15.5 Å². The Balaban J connectivity index is 1.26. The lowest BCUT2D eigenvalue weighted by Crippen LogP contribution is -2.38. The van der Waals surface area contributed by atoms with Crippen LogP contribution >= 0.6 is 0 Å². The summed E-state index contributed by atoms with van der Waals surface area (Å²) in [5.41, 5.74) is 5.31. The van der Waals surface area contributed by atoms with Crippen LogP contribution in [0.1, 0.15) is 47.2 Å². The molecule has 10 heteroatoms. The lowest BCUT2D eigenvalue weighted by molar-refractivity contribution is -0.134. The van der Waals surface area contributed by atoms with E-state index in [4.69, 9.17) is 0 Å². The van der Waals surface area contributed by atoms with Gasteiger partial charge in [-0.2, -0.15) is 0 Å². The van der Waals surface area contributed by atoms with Crippen molar-refractivity contribution < 1.29 is 28.8 Å². The Morgan fingerprint density at radius 2 is 1.10 bits per heavy atom. The average molecular weight is 539 g/mol. The molecule has 3 aromatic carbocycles. The predicted octanol–water partition coefficient (Wildman–Crippen LogP) is 4.56. The van der Waals surface area contributed by atoms with E-state index in [0.717, 1.165) is 27.2 Å². The van der Waals surface area contributed by atoms with Crippen molar-refractivity contribution in [2.24, 2.45) is 0 Å². The minimum atomic E-state index is -0.757. The Morgan fingerprint density at radius 3 is 1.60 bits per heavy atom. The van der Waals surface area contributed by atoms with Crippen molar-refractivity contribution in [2.45, 2.75) is 39.5 Å². The van der Waals surface area contributed by atoms with Gasteiger partial charge in [0, 0.05) is 42.6 Å². The molecule has 2 saturated heterocycles. The summed E-state index contributed by atoms with van der Waals surface area (Å²) in [6.45, 7) is 3.69. The molecule has 40 heavy (non-hydrogen) atoms. The number of rotatable bonds is 5. The molecule has 2 fully saturated rings. The number of hydrogen-bond donors (Lipinski definition) is 2. The van der Waals surface area contributed by atoms with E-state index in [1.807, 2.05) is 38.1 Å². The van der Waals surface area contributed by atoms with Gasteiger partial charge in [0.05, 0.1) is 5.69 Å². The number of imide groups is 4. The SMILES string of the molecule is Cc1cc(-c2ccc(NC(=O)N3C(=O)CCC3=O)c(C)c2)ccc1NC(=O)c1ccc(N2C(=O)CCC2=O)cc1. The van der Waals surface area contributed by atoms with Gasteiger partial charge in [0.1, 0.15) is 0 Å². The van der Waals surface area contributed by atoms with Gasteiger partial charge >= 0.3 is 6.03 Å². The number of benzene rings is 3. The molecule has 0 aromatic heterocycles. The smallest absolute Gasteiger partial charge is 0.322 e. The standard InChI is InChI=1S/C30H26N4O6/c1-17-15-20(21-6-10-24(18(2)16-21)32-30(40)34-27(37)13-14-28(34)38)5-9-23(17)31-29(39)19-3-7-22(8-4-19)33-25(35)11-12-26(33)36/h3-10,15-16H,11-14H2,1-2H3,(H,31,39)(H,32,40).